The normalized spacial score (nSPS) is 10.7. The van der Waals surface area contributed by atoms with Gasteiger partial charge in [-0.2, -0.15) is 10.5 Å². The molecule has 0 spiro atoms. The second-order valence-corrected chi connectivity index (χ2v) is 8.36. The molecule has 3 aromatic rings. The number of nitrogens with zero attached hydrogens (tertiary/aromatic N) is 2. The lowest BCUT2D eigenvalue weighted by Crippen LogP contribution is -2.14. The van der Waals surface area contributed by atoms with Crippen molar-refractivity contribution in [2.24, 2.45) is 0 Å². The topological polar surface area (TPSA) is 95.1 Å². The summed E-state index contributed by atoms with van der Waals surface area (Å²) in [5, 5.41) is 22.0. The molecular formula is C31H29N3O3. The van der Waals surface area contributed by atoms with Crippen LogP contribution in [0.2, 0.25) is 0 Å². The van der Waals surface area contributed by atoms with E-state index in [1.54, 1.807) is 30.3 Å². The number of hydrogen-bond acceptors (Lipinski definition) is 5. The van der Waals surface area contributed by atoms with Gasteiger partial charge in [-0.25, -0.2) is 0 Å². The number of carbonyl (C=O) groups excluding carboxylic acids is 1. The van der Waals surface area contributed by atoms with Gasteiger partial charge in [-0.3, -0.25) is 4.79 Å². The first-order valence-electron chi connectivity index (χ1n) is 11.9. The SMILES string of the molecule is C=CCc1cc(/C=C(\C#N)C(=O)Nc2cccc(C)c2C)cc(OCC)c1OCc1ccccc1C#N. The Hall–Kier alpha value is -4.81. The molecule has 0 aliphatic rings. The predicted octanol–water partition coefficient (Wildman–Crippen LogP) is 6.43. The zero-order valence-electron chi connectivity index (χ0n) is 21.3. The van der Waals surface area contributed by atoms with E-state index in [2.05, 4.69) is 18.0 Å². The molecule has 1 amide bonds. The van der Waals surface area contributed by atoms with Crippen molar-refractivity contribution in [1.82, 2.24) is 0 Å². The van der Waals surface area contributed by atoms with Crippen molar-refractivity contribution in [3.63, 3.8) is 0 Å². The minimum atomic E-state index is -0.493. The molecule has 0 aromatic heterocycles. The highest BCUT2D eigenvalue weighted by atomic mass is 16.5. The fourth-order valence-electron chi connectivity index (χ4n) is 3.80. The van der Waals surface area contributed by atoms with E-state index in [-0.39, 0.29) is 12.2 Å². The molecule has 3 aromatic carbocycles. The van der Waals surface area contributed by atoms with Gasteiger partial charge >= 0.3 is 0 Å². The fraction of sp³-hybridized carbons (Fsp3) is 0.194. The molecule has 0 radical (unpaired) electrons. The van der Waals surface area contributed by atoms with Crippen molar-refractivity contribution in [3.8, 4) is 23.6 Å². The van der Waals surface area contributed by atoms with Crippen LogP contribution in [-0.4, -0.2) is 12.5 Å². The fourth-order valence-corrected chi connectivity index (χ4v) is 3.80. The first kappa shape index (κ1) is 26.8. The van der Waals surface area contributed by atoms with E-state index >= 15 is 0 Å². The van der Waals surface area contributed by atoms with E-state index in [1.807, 2.05) is 57.2 Å². The molecule has 0 bridgehead atoms. The van der Waals surface area contributed by atoms with E-state index in [0.717, 1.165) is 22.3 Å². The Bertz CT molecular complexity index is 1420. The number of carbonyl (C=O) groups is 1. The summed E-state index contributed by atoms with van der Waals surface area (Å²) in [6.45, 7) is 10.2. The van der Waals surface area contributed by atoms with Crippen LogP contribution in [0.1, 0.15) is 40.3 Å². The zero-order valence-corrected chi connectivity index (χ0v) is 21.3. The van der Waals surface area contributed by atoms with Gasteiger partial charge in [0.15, 0.2) is 11.5 Å². The smallest absolute Gasteiger partial charge is 0.266 e. The van der Waals surface area contributed by atoms with E-state index in [4.69, 9.17) is 9.47 Å². The van der Waals surface area contributed by atoms with Crippen LogP contribution >= 0.6 is 0 Å². The van der Waals surface area contributed by atoms with E-state index in [1.165, 1.54) is 6.08 Å². The first-order chi connectivity index (χ1) is 17.9. The highest BCUT2D eigenvalue weighted by Gasteiger charge is 2.16. The maximum absolute atomic E-state index is 12.9. The number of nitriles is 2. The Morgan fingerprint density at radius 1 is 1.05 bits per heavy atom. The van der Waals surface area contributed by atoms with Crippen LogP contribution in [0.4, 0.5) is 5.69 Å². The minimum Gasteiger partial charge on any atom is -0.490 e. The monoisotopic (exact) mass is 491 g/mol. The predicted molar refractivity (Wildman–Crippen MR) is 145 cm³/mol. The molecule has 0 atom stereocenters. The number of allylic oxidation sites excluding steroid dienone is 1. The van der Waals surface area contributed by atoms with Crippen LogP contribution < -0.4 is 14.8 Å². The molecule has 0 saturated carbocycles. The standard InChI is InChI=1S/C31H29N3O3/c1-5-10-24-15-23(16-27(19-33)31(35)34-28-14-9-11-21(3)22(28)4)17-29(36-6-2)30(24)37-20-26-13-8-7-12-25(26)18-32/h5,7-9,11-17H,1,6,10,20H2,2-4H3,(H,34,35)/b27-16+. The van der Waals surface area contributed by atoms with Crippen molar-refractivity contribution in [2.75, 3.05) is 11.9 Å². The second-order valence-electron chi connectivity index (χ2n) is 8.36. The molecule has 186 valence electrons. The number of ether oxygens (including phenoxy) is 2. The number of hydrogen-bond donors (Lipinski definition) is 1. The highest BCUT2D eigenvalue weighted by molar-refractivity contribution is 6.10. The molecule has 0 heterocycles. The molecule has 0 saturated heterocycles. The third kappa shape index (κ3) is 6.66. The lowest BCUT2D eigenvalue weighted by atomic mass is 10.0. The van der Waals surface area contributed by atoms with Gasteiger partial charge in [0.1, 0.15) is 18.2 Å². The Morgan fingerprint density at radius 3 is 2.54 bits per heavy atom. The van der Waals surface area contributed by atoms with E-state index in [9.17, 15) is 15.3 Å². The number of amides is 1. The quantitative estimate of drug-likeness (QED) is 0.200. The Labute approximate surface area is 218 Å². The number of benzene rings is 3. The summed E-state index contributed by atoms with van der Waals surface area (Å²) >= 11 is 0. The van der Waals surface area contributed by atoms with Crippen LogP contribution in [0, 0.1) is 36.5 Å². The van der Waals surface area contributed by atoms with Crippen molar-refractivity contribution < 1.29 is 14.3 Å². The minimum absolute atomic E-state index is 0.0375. The van der Waals surface area contributed by atoms with Crippen molar-refractivity contribution in [2.45, 2.75) is 33.8 Å². The average Bonchev–Trinajstić information content (AvgIpc) is 2.90. The molecular weight excluding hydrogens is 462 g/mol. The van der Waals surface area contributed by atoms with Crippen molar-refractivity contribution in [3.05, 3.63) is 106 Å². The van der Waals surface area contributed by atoms with Crippen LogP contribution in [0.15, 0.2) is 72.8 Å². The largest absolute Gasteiger partial charge is 0.490 e. The molecule has 0 fully saturated rings. The molecule has 0 aliphatic heterocycles. The lowest BCUT2D eigenvalue weighted by Gasteiger charge is -2.17. The summed E-state index contributed by atoms with van der Waals surface area (Å²) in [6.07, 6.45) is 3.75. The molecule has 1 N–H and O–H groups in total. The maximum atomic E-state index is 12.9. The van der Waals surface area contributed by atoms with Gasteiger partial charge in [-0.05, 0) is 74.2 Å². The summed E-state index contributed by atoms with van der Waals surface area (Å²) in [5.41, 5.74) is 5.32. The number of rotatable bonds is 10. The summed E-state index contributed by atoms with van der Waals surface area (Å²) < 4.78 is 12.0. The molecule has 37 heavy (non-hydrogen) atoms. The summed E-state index contributed by atoms with van der Waals surface area (Å²) in [6, 6.07) is 20.7. The van der Waals surface area contributed by atoms with E-state index < -0.39 is 5.91 Å². The first-order valence-corrected chi connectivity index (χ1v) is 11.9. The van der Waals surface area contributed by atoms with Crippen LogP contribution in [0.25, 0.3) is 6.08 Å². The highest BCUT2D eigenvalue weighted by Crippen LogP contribution is 2.35. The molecule has 0 unspecified atom stereocenters. The molecule has 6 heteroatoms. The van der Waals surface area contributed by atoms with Gasteiger partial charge < -0.3 is 14.8 Å². The summed E-state index contributed by atoms with van der Waals surface area (Å²) in [7, 11) is 0. The zero-order chi connectivity index (χ0) is 26.8. The molecule has 3 rings (SSSR count). The summed E-state index contributed by atoms with van der Waals surface area (Å²) in [4.78, 5) is 12.9. The maximum Gasteiger partial charge on any atom is 0.266 e. The van der Waals surface area contributed by atoms with E-state index in [0.29, 0.717) is 41.3 Å². The third-order valence-electron chi connectivity index (χ3n) is 5.86. The van der Waals surface area contributed by atoms with Crippen LogP contribution in [0.3, 0.4) is 0 Å². The van der Waals surface area contributed by atoms with Gasteiger partial charge in [0.2, 0.25) is 0 Å². The van der Waals surface area contributed by atoms with Gasteiger partial charge in [0.25, 0.3) is 5.91 Å². The van der Waals surface area contributed by atoms with Crippen LogP contribution in [-0.2, 0) is 17.8 Å². The van der Waals surface area contributed by atoms with Gasteiger partial charge in [-0.1, -0.05) is 36.4 Å². The average molecular weight is 492 g/mol. The lowest BCUT2D eigenvalue weighted by molar-refractivity contribution is -0.112. The Morgan fingerprint density at radius 2 is 1.84 bits per heavy atom. The van der Waals surface area contributed by atoms with Crippen molar-refractivity contribution in [1.29, 1.82) is 10.5 Å². The molecule has 6 nitrogen and oxygen atoms in total. The van der Waals surface area contributed by atoms with Gasteiger partial charge in [0, 0.05) is 16.8 Å². The van der Waals surface area contributed by atoms with Gasteiger partial charge in [-0.15, -0.1) is 6.58 Å². The summed E-state index contributed by atoms with van der Waals surface area (Å²) in [5.74, 6) is 0.521. The van der Waals surface area contributed by atoms with Crippen molar-refractivity contribution >= 4 is 17.7 Å². The molecule has 0 aliphatic carbocycles. The number of nitrogens with one attached hydrogen (secondary N) is 1. The number of aryl methyl sites for hydroxylation is 1. The number of anilines is 1. The third-order valence-corrected chi connectivity index (χ3v) is 5.86. The Balaban J connectivity index is 1.97. The second kappa shape index (κ2) is 12.8. The van der Waals surface area contributed by atoms with Gasteiger partial charge in [0.05, 0.1) is 18.2 Å². The Kier molecular flexibility index (Phi) is 9.24. The van der Waals surface area contributed by atoms with Crippen LogP contribution in [0.5, 0.6) is 11.5 Å².